The van der Waals surface area contributed by atoms with Gasteiger partial charge in [-0.15, -0.1) is 23.5 Å². The molecule has 2 heterocycles. The number of oxime groups is 1. The molecular formula is C16H18N2O2S2. The average molecular weight is 334 g/mol. The van der Waals surface area contributed by atoms with Crippen LogP contribution in [0.2, 0.25) is 0 Å². The summed E-state index contributed by atoms with van der Waals surface area (Å²) >= 11 is 4.05. The summed E-state index contributed by atoms with van der Waals surface area (Å²) in [6.45, 7) is 0.525. The molecule has 1 aromatic heterocycles. The van der Waals surface area contributed by atoms with E-state index < -0.39 is 0 Å². The molecule has 1 aliphatic heterocycles. The van der Waals surface area contributed by atoms with Crippen molar-refractivity contribution in [1.29, 1.82) is 0 Å². The van der Waals surface area contributed by atoms with Gasteiger partial charge in [-0.2, -0.15) is 0 Å². The van der Waals surface area contributed by atoms with Crippen LogP contribution in [0.1, 0.15) is 24.1 Å². The summed E-state index contributed by atoms with van der Waals surface area (Å²) < 4.78 is 7.81. The quantitative estimate of drug-likeness (QED) is 0.669. The van der Waals surface area contributed by atoms with E-state index in [9.17, 15) is 5.21 Å². The lowest BCUT2D eigenvalue weighted by molar-refractivity contribution is 0.132. The Hall–Kier alpha value is -1.11. The number of ether oxygens (including phenoxy) is 1. The second-order valence-corrected chi connectivity index (χ2v) is 8.63. The van der Waals surface area contributed by atoms with E-state index in [1.807, 2.05) is 29.6 Å². The largest absolute Gasteiger partial charge is 0.411 e. The number of hydrogen-bond acceptors (Lipinski definition) is 5. The second-order valence-electron chi connectivity index (χ2n) is 5.58. The van der Waals surface area contributed by atoms with Crippen molar-refractivity contribution in [2.24, 2.45) is 5.16 Å². The van der Waals surface area contributed by atoms with Crippen LogP contribution < -0.4 is 0 Å². The van der Waals surface area contributed by atoms with Crippen LogP contribution in [0.3, 0.4) is 0 Å². The smallest absolute Gasteiger partial charge is 0.122 e. The number of thioether (sulfide) groups is 2. The third-order valence-corrected chi connectivity index (χ3v) is 7.95. The van der Waals surface area contributed by atoms with Crippen molar-refractivity contribution in [2.45, 2.75) is 23.7 Å². The zero-order valence-corrected chi connectivity index (χ0v) is 14.0. The molecule has 1 aromatic carbocycles. The number of para-hydroxylation sites is 1. The van der Waals surface area contributed by atoms with Gasteiger partial charge in [0, 0.05) is 29.6 Å². The molecule has 4 nitrogen and oxygen atoms in total. The molecular weight excluding hydrogens is 316 g/mol. The third kappa shape index (κ3) is 1.94. The summed E-state index contributed by atoms with van der Waals surface area (Å²) in [6, 6.07) is 8.34. The van der Waals surface area contributed by atoms with Crippen molar-refractivity contribution in [1.82, 2.24) is 4.57 Å². The van der Waals surface area contributed by atoms with Crippen LogP contribution in [-0.2, 0) is 15.5 Å². The van der Waals surface area contributed by atoms with E-state index in [2.05, 4.69) is 27.9 Å². The van der Waals surface area contributed by atoms with Crippen molar-refractivity contribution < 1.29 is 9.94 Å². The predicted octanol–water partition coefficient (Wildman–Crippen LogP) is 3.85. The van der Waals surface area contributed by atoms with E-state index >= 15 is 0 Å². The van der Waals surface area contributed by atoms with E-state index in [0.717, 1.165) is 35.0 Å². The van der Waals surface area contributed by atoms with Crippen molar-refractivity contribution in [3.8, 4) is 0 Å². The number of methoxy groups -OCH3 is 1. The first kappa shape index (κ1) is 14.5. The van der Waals surface area contributed by atoms with Gasteiger partial charge in [-0.05, 0) is 18.9 Å². The SMILES string of the molecule is COCn1c2c(c3ccccc31)/C(=N\O)CCC21SCCS1. The molecule has 0 bridgehead atoms. The Morgan fingerprint density at radius 2 is 2.09 bits per heavy atom. The molecule has 0 unspecified atom stereocenters. The van der Waals surface area contributed by atoms with Crippen molar-refractivity contribution in [3.05, 3.63) is 35.5 Å². The van der Waals surface area contributed by atoms with Gasteiger partial charge in [0.15, 0.2) is 0 Å². The topological polar surface area (TPSA) is 46.8 Å². The molecule has 1 saturated heterocycles. The van der Waals surface area contributed by atoms with Gasteiger partial charge in [-0.1, -0.05) is 23.4 Å². The molecule has 1 fully saturated rings. The zero-order chi connectivity index (χ0) is 15.2. The molecule has 1 N–H and O–H groups in total. The zero-order valence-electron chi connectivity index (χ0n) is 12.4. The Bertz CT molecular complexity index is 748. The Morgan fingerprint density at radius 3 is 2.82 bits per heavy atom. The number of benzene rings is 1. The van der Waals surface area contributed by atoms with Gasteiger partial charge in [-0.25, -0.2) is 0 Å². The van der Waals surface area contributed by atoms with Gasteiger partial charge in [-0.3, -0.25) is 0 Å². The summed E-state index contributed by atoms with van der Waals surface area (Å²) in [5.74, 6) is 2.34. The van der Waals surface area contributed by atoms with Crippen molar-refractivity contribution in [2.75, 3.05) is 18.6 Å². The van der Waals surface area contributed by atoms with Gasteiger partial charge in [0.1, 0.15) is 10.8 Å². The molecule has 1 aliphatic carbocycles. The summed E-state index contributed by atoms with van der Waals surface area (Å²) in [5, 5.41) is 14.3. The monoisotopic (exact) mass is 334 g/mol. The van der Waals surface area contributed by atoms with E-state index in [4.69, 9.17) is 4.74 Å². The Kier molecular flexibility index (Phi) is 3.63. The normalized spacial score (nSPS) is 21.8. The molecule has 4 rings (SSSR count). The maximum atomic E-state index is 9.50. The highest BCUT2D eigenvalue weighted by atomic mass is 32.2. The maximum absolute atomic E-state index is 9.50. The fraction of sp³-hybridized carbons (Fsp3) is 0.438. The highest BCUT2D eigenvalue weighted by molar-refractivity contribution is 8.20. The van der Waals surface area contributed by atoms with E-state index in [1.165, 1.54) is 17.2 Å². The average Bonchev–Trinajstić information content (AvgIpc) is 3.14. The van der Waals surface area contributed by atoms with Crippen LogP contribution in [0.25, 0.3) is 10.9 Å². The van der Waals surface area contributed by atoms with E-state index in [-0.39, 0.29) is 4.08 Å². The van der Waals surface area contributed by atoms with Gasteiger partial charge in [0.25, 0.3) is 0 Å². The van der Waals surface area contributed by atoms with E-state index in [0.29, 0.717) is 6.73 Å². The molecule has 1 spiro atoms. The fourth-order valence-electron chi connectivity index (χ4n) is 3.62. The molecule has 2 aromatic rings. The molecule has 116 valence electrons. The standard InChI is InChI=1S/C16H18N2O2S2/c1-20-10-18-13-5-3-2-4-11(13)14-12(17-19)6-7-16(15(14)18)21-8-9-22-16/h2-5,19H,6-10H2,1H3/b17-12-. The number of rotatable bonds is 2. The third-order valence-electron chi connectivity index (χ3n) is 4.44. The number of hydrogen-bond donors (Lipinski definition) is 1. The summed E-state index contributed by atoms with van der Waals surface area (Å²) in [7, 11) is 1.73. The first-order valence-electron chi connectivity index (χ1n) is 7.40. The number of aromatic nitrogens is 1. The molecule has 0 amide bonds. The molecule has 0 radical (unpaired) electrons. The Balaban J connectivity index is 2.08. The fourth-order valence-corrected chi connectivity index (χ4v) is 6.97. The van der Waals surface area contributed by atoms with Crippen LogP contribution in [0, 0.1) is 0 Å². The lowest BCUT2D eigenvalue weighted by Crippen LogP contribution is -2.28. The highest BCUT2D eigenvalue weighted by Crippen LogP contribution is 2.59. The first-order chi connectivity index (χ1) is 10.8. The maximum Gasteiger partial charge on any atom is 0.122 e. The van der Waals surface area contributed by atoms with Gasteiger partial charge >= 0.3 is 0 Å². The predicted molar refractivity (Wildman–Crippen MR) is 93.1 cm³/mol. The molecule has 2 aliphatic rings. The van der Waals surface area contributed by atoms with Crippen LogP contribution in [0.15, 0.2) is 29.4 Å². The first-order valence-corrected chi connectivity index (χ1v) is 9.38. The van der Waals surface area contributed by atoms with Crippen LogP contribution in [-0.4, -0.2) is 34.1 Å². The van der Waals surface area contributed by atoms with Crippen LogP contribution >= 0.6 is 23.5 Å². The van der Waals surface area contributed by atoms with Gasteiger partial charge < -0.3 is 14.5 Å². The second kappa shape index (κ2) is 5.51. The van der Waals surface area contributed by atoms with Crippen LogP contribution in [0.4, 0.5) is 0 Å². The minimum Gasteiger partial charge on any atom is -0.411 e. The summed E-state index contributed by atoms with van der Waals surface area (Å²) in [6.07, 6.45) is 1.83. The summed E-state index contributed by atoms with van der Waals surface area (Å²) in [4.78, 5) is 0. The number of nitrogens with zero attached hydrogens (tertiary/aromatic N) is 2. The van der Waals surface area contributed by atoms with Crippen LogP contribution in [0.5, 0.6) is 0 Å². The molecule has 6 heteroatoms. The molecule has 0 atom stereocenters. The number of fused-ring (bicyclic) bond motifs is 4. The lowest BCUT2D eigenvalue weighted by Gasteiger charge is -2.34. The minimum atomic E-state index is 0.0705. The lowest BCUT2D eigenvalue weighted by atomic mass is 9.92. The van der Waals surface area contributed by atoms with Gasteiger partial charge in [0.2, 0.25) is 0 Å². The molecule has 22 heavy (non-hydrogen) atoms. The highest BCUT2D eigenvalue weighted by Gasteiger charge is 2.46. The minimum absolute atomic E-state index is 0.0705. The van der Waals surface area contributed by atoms with Crippen molar-refractivity contribution in [3.63, 3.8) is 0 Å². The van der Waals surface area contributed by atoms with Crippen molar-refractivity contribution >= 4 is 40.1 Å². The van der Waals surface area contributed by atoms with Gasteiger partial charge in [0.05, 0.1) is 16.9 Å². The summed E-state index contributed by atoms with van der Waals surface area (Å²) in [5.41, 5.74) is 4.34. The molecule has 0 saturated carbocycles. The van der Waals surface area contributed by atoms with E-state index in [1.54, 1.807) is 7.11 Å². The Morgan fingerprint density at radius 1 is 1.32 bits per heavy atom. The Labute approximate surface area is 137 Å².